The summed E-state index contributed by atoms with van der Waals surface area (Å²) in [6, 6.07) is 2.65. The van der Waals surface area contributed by atoms with Crippen LogP contribution >= 0.6 is 0 Å². The van der Waals surface area contributed by atoms with E-state index in [1.165, 1.54) is 6.07 Å². The van der Waals surface area contributed by atoms with Crippen molar-refractivity contribution >= 4 is 25.5 Å². The maximum Gasteiger partial charge on any atom is 0.246 e. The highest BCUT2D eigenvalue weighted by Crippen LogP contribution is 2.27. The summed E-state index contributed by atoms with van der Waals surface area (Å²) in [5.74, 6) is -1.18. The SMILES string of the molecule is CCN(C1CCS(=O)(=O)C1)S(=O)(=O)c1cc(N)ccc1F. The van der Waals surface area contributed by atoms with Crippen LogP contribution in [0.1, 0.15) is 13.3 Å². The summed E-state index contributed by atoms with van der Waals surface area (Å²) < 4.78 is 63.1. The van der Waals surface area contributed by atoms with Crippen molar-refractivity contribution in [2.24, 2.45) is 0 Å². The number of rotatable bonds is 4. The van der Waals surface area contributed by atoms with E-state index < -0.39 is 36.6 Å². The van der Waals surface area contributed by atoms with Gasteiger partial charge < -0.3 is 5.73 Å². The minimum absolute atomic E-state index is 0.0525. The van der Waals surface area contributed by atoms with Crippen LogP contribution in [-0.4, -0.2) is 45.2 Å². The highest BCUT2D eigenvalue weighted by atomic mass is 32.2. The highest BCUT2D eigenvalue weighted by molar-refractivity contribution is 7.92. The zero-order valence-electron chi connectivity index (χ0n) is 11.5. The first-order valence-corrected chi connectivity index (χ1v) is 9.71. The molecule has 1 saturated heterocycles. The Labute approximate surface area is 123 Å². The van der Waals surface area contributed by atoms with E-state index in [1.807, 2.05) is 0 Å². The number of hydrogen-bond donors (Lipinski definition) is 1. The van der Waals surface area contributed by atoms with Crippen molar-refractivity contribution in [3.63, 3.8) is 0 Å². The molecular formula is C12H17FN2O4S2. The van der Waals surface area contributed by atoms with Crippen LogP contribution in [0.4, 0.5) is 10.1 Å². The van der Waals surface area contributed by atoms with Gasteiger partial charge in [-0.2, -0.15) is 4.31 Å². The molecule has 1 aliphatic rings. The Morgan fingerprint density at radius 3 is 2.62 bits per heavy atom. The van der Waals surface area contributed by atoms with E-state index in [0.717, 1.165) is 16.4 Å². The lowest BCUT2D eigenvalue weighted by atomic mass is 10.3. The summed E-state index contributed by atoms with van der Waals surface area (Å²) in [5, 5.41) is 0. The largest absolute Gasteiger partial charge is 0.399 e. The van der Waals surface area contributed by atoms with Gasteiger partial charge in [0.1, 0.15) is 10.7 Å². The molecule has 9 heteroatoms. The Kier molecular flexibility index (Phi) is 4.27. The lowest BCUT2D eigenvalue weighted by molar-refractivity contribution is 0.352. The second kappa shape index (κ2) is 5.54. The average Bonchev–Trinajstić information content (AvgIpc) is 2.73. The second-order valence-electron chi connectivity index (χ2n) is 4.96. The fourth-order valence-electron chi connectivity index (χ4n) is 2.47. The van der Waals surface area contributed by atoms with E-state index in [9.17, 15) is 21.2 Å². The van der Waals surface area contributed by atoms with Gasteiger partial charge in [-0.15, -0.1) is 0 Å². The second-order valence-corrected chi connectivity index (χ2v) is 9.04. The number of sulfone groups is 1. The van der Waals surface area contributed by atoms with Gasteiger partial charge in [0.05, 0.1) is 11.5 Å². The monoisotopic (exact) mass is 336 g/mol. The molecule has 1 aliphatic heterocycles. The van der Waals surface area contributed by atoms with Crippen LogP contribution in [0.5, 0.6) is 0 Å². The zero-order chi connectivity index (χ0) is 15.8. The van der Waals surface area contributed by atoms with Gasteiger partial charge in [-0.05, 0) is 24.6 Å². The van der Waals surface area contributed by atoms with Crippen molar-refractivity contribution in [3.05, 3.63) is 24.0 Å². The van der Waals surface area contributed by atoms with Crippen molar-refractivity contribution in [2.75, 3.05) is 23.8 Å². The molecule has 1 heterocycles. The highest BCUT2D eigenvalue weighted by Gasteiger charge is 2.38. The van der Waals surface area contributed by atoms with Crippen LogP contribution < -0.4 is 5.73 Å². The van der Waals surface area contributed by atoms with Gasteiger partial charge in [-0.1, -0.05) is 6.92 Å². The quantitative estimate of drug-likeness (QED) is 0.812. The van der Waals surface area contributed by atoms with Crippen LogP contribution in [0.15, 0.2) is 23.1 Å². The maximum atomic E-state index is 13.8. The minimum atomic E-state index is -4.12. The van der Waals surface area contributed by atoms with E-state index >= 15 is 0 Å². The molecule has 0 aliphatic carbocycles. The summed E-state index contributed by atoms with van der Waals surface area (Å²) in [4.78, 5) is -0.520. The average molecular weight is 336 g/mol. The third kappa shape index (κ3) is 3.19. The van der Waals surface area contributed by atoms with Crippen LogP contribution in [0, 0.1) is 5.82 Å². The first-order valence-electron chi connectivity index (χ1n) is 6.44. The smallest absolute Gasteiger partial charge is 0.246 e. The van der Waals surface area contributed by atoms with Gasteiger partial charge in [0.25, 0.3) is 0 Å². The van der Waals surface area contributed by atoms with Gasteiger partial charge in [-0.25, -0.2) is 21.2 Å². The van der Waals surface area contributed by atoms with Gasteiger partial charge in [0.15, 0.2) is 9.84 Å². The molecule has 0 saturated carbocycles. The molecule has 6 nitrogen and oxygen atoms in total. The number of nitrogens with zero attached hydrogens (tertiary/aromatic N) is 1. The molecule has 0 radical (unpaired) electrons. The first kappa shape index (κ1) is 16.2. The van der Waals surface area contributed by atoms with Gasteiger partial charge in [0.2, 0.25) is 10.0 Å². The van der Waals surface area contributed by atoms with Crippen molar-refractivity contribution < 1.29 is 21.2 Å². The Morgan fingerprint density at radius 1 is 1.43 bits per heavy atom. The van der Waals surface area contributed by atoms with Crippen molar-refractivity contribution in [3.8, 4) is 0 Å². The molecule has 0 spiro atoms. The normalized spacial score (nSPS) is 21.8. The Balaban J connectivity index is 2.43. The molecule has 1 fully saturated rings. The summed E-state index contributed by atoms with van der Waals surface area (Å²) in [6.07, 6.45) is 0.222. The third-order valence-corrected chi connectivity index (χ3v) is 7.26. The van der Waals surface area contributed by atoms with Crippen molar-refractivity contribution in [2.45, 2.75) is 24.3 Å². The van der Waals surface area contributed by atoms with Crippen molar-refractivity contribution in [1.29, 1.82) is 0 Å². The summed E-state index contributed by atoms with van der Waals surface area (Å²) in [5.41, 5.74) is 5.65. The van der Waals surface area contributed by atoms with E-state index in [0.29, 0.717) is 0 Å². The van der Waals surface area contributed by atoms with Crippen LogP contribution in [0.3, 0.4) is 0 Å². The van der Waals surface area contributed by atoms with E-state index in [1.54, 1.807) is 6.92 Å². The predicted molar refractivity (Wildman–Crippen MR) is 77.4 cm³/mol. The zero-order valence-corrected chi connectivity index (χ0v) is 13.1. The Bertz CT molecular complexity index is 747. The number of nitrogens with two attached hydrogens (primary N) is 1. The number of sulfonamides is 1. The lowest BCUT2D eigenvalue weighted by Gasteiger charge is -2.26. The number of anilines is 1. The van der Waals surface area contributed by atoms with Crippen molar-refractivity contribution in [1.82, 2.24) is 4.31 Å². The fourth-order valence-corrected chi connectivity index (χ4v) is 6.06. The number of halogens is 1. The number of benzene rings is 1. The summed E-state index contributed by atoms with van der Waals surface area (Å²) in [6.45, 7) is 1.66. The fraction of sp³-hybridized carbons (Fsp3) is 0.500. The Hall–Kier alpha value is -1.19. The Morgan fingerprint density at radius 2 is 2.10 bits per heavy atom. The molecule has 0 aromatic heterocycles. The van der Waals surface area contributed by atoms with Gasteiger partial charge >= 0.3 is 0 Å². The first-order chi connectivity index (χ1) is 9.67. The molecule has 1 aromatic rings. The molecule has 0 bridgehead atoms. The minimum Gasteiger partial charge on any atom is -0.399 e. The van der Waals surface area contributed by atoms with Gasteiger partial charge in [0, 0.05) is 18.3 Å². The maximum absolute atomic E-state index is 13.8. The lowest BCUT2D eigenvalue weighted by Crippen LogP contribution is -2.41. The van der Waals surface area contributed by atoms with Gasteiger partial charge in [-0.3, -0.25) is 0 Å². The number of nitrogen functional groups attached to an aromatic ring is 1. The van der Waals surface area contributed by atoms with Crippen LogP contribution in [0.2, 0.25) is 0 Å². The molecular weight excluding hydrogens is 319 g/mol. The molecule has 1 unspecified atom stereocenters. The standard InChI is InChI=1S/C12H17FN2O4S2/c1-2-15(10-5-6-20(16,17)8-10)21(18,19)12-7-9(14)3-4-11(12)13/h3-4,7,10H,2,5-6,8,14H2,1H3. The van der Waals surface area contributed by atoms with Crippen LogP contribution in [0.25, 0.3) is 0 Å². The molecule has 1 atom stereocenters. The molecule has 1 aromatic carbocycles. The van der Waals surface area contributed by atoms with Crippen LogP contribution in [-0.2, 0) is 19.9 Å². The molecule has 0 amide bonds. The third-order valence-electron chi connectivity index (χ3n) is 3.47. The van der Waals surface area contributed by atoms with E-state index in [4.69, 9.17) is 5.73 Å². The van der Waals surface area contributed by atoms with E-state index in [2.05, 4.69) is 0 Å². The number of hydrogen-bond acceptors (Lipinski definition) is 5. The molecule has 2 N–H and O–H groups in total. The predicted octanol–water partition coefficient (Wildman–Crippen LogP) is 0.606. The van der Waals surface area contributed by atoms with E-state index in [-0.39, 0.29) is 30.2 Å². The summed E-state index contributed by atoms with van der Waals surface area (Å²) >= 11 is 0. The molecule has 21 heavy (non-hydrogen) atoms. The molecule has 118 valence electrons. The summed E-state index contributed by atoms with van der Waals surface area (Å²) in [7, 11) is -7.36. The topological polar surface area (TPSA) is 97.5 Å². The molecule has 2 rings (SSSR count).